The van der Waals surface area contributed by atoms with Gasteiger partial charge in [-0.1, -0.05) is 6.07 Å². The summed E-state index contributed by atoms with van der Waals surface area (Å²) in [5, 5.41) is 10.8. The molecule has 21 heavy (non-hydrogen) atoms. The minimum absolute atomic E-state index is 0.0169. The van der Waals surface area contributed by atoms with Crippen LogP contribution in [0.1, 0.15) is 22.5 Å². The van der Waals surface area contributed by atoms with Gasteiger partial charge in [0.15, 0.2) is 0 Å². The van der Waals surface area contributed by atoms with E-state index in [-0.39, 0.29) is 10.8 Å². The van der Waals surface area contributed by atoms with Crippen molar-refractivity contribution in [2.75, 3.05) is 4.72 Å². The van der Waals surface area contributed by atoms with Crippen molar-refractivity contribution in [2.24, 2.45) is 0 Å². The van der Waals surface area contributed by atoms with E-state index < -0.39 is 10.0 Å². The van der Waals surface area contributed by atoms with Crippen LogP contribution in [0.25, 0.3) is 0 Å². The van der Waals surface area contributed by atoms with Gasteiger partial charge in [-0.25, -0.2) is 18.1 Å². The van der Waals surface area contributed by atoms with Gasteiger partial charge in [0.05, 0.1) is 16.3 Å². The number of fused-ring (bicyclic) bond motifs is 1. The number of sulfonamides is 1. The average Bonchev–Trinajstić information content (AvgIpc) is 2.90. The Morgan fingerprint density at radius 2 is 1.86 bits per heavy atom. The number of hydrogen-bond donors (Lipinski definition) is 2. The number of nitrogens with one attached hydrogen (secondary N) is 2. The highest BCUT2D eigenvalue weighted by Gasteiger charge is 2.19. The van der Waals surface area contributed by atoms with Gasteiger partial charge in [-0.15, -0.1) is 5.10 Å². The monoisotopic (exact) mass is 305 g/mol. The lowest BCUT2D eigenvalue weighted by atomic mass is 10.1. The first-order chi connectivity index (χ1) is 9.95. The minimum Gasteiger partial charge on any atom is -0.309 e. The largest absolute Gasteiger partial charge is 0.309 e. The number of hydrogen-bond acceptors (Lipinski definition) is 6. The number of aryl methyl sites for hydroxylation is 2. The average molecular weight is 305 g/mol. The fourth-order valence-corrected chi connectivity index (χ4v) is 3.11. The summed E-state index contributed by atoms with van der Waals surface area (Å²) in [7, 11) is -3.71. The Bertz CT molecular complexity index is 804. The van der Waals surface area contributed by atoms with Crippen LogP contribution in [-0.2, 0) is 23.1 Å². The molecule has 0 unspecified atom stereocenters. The molecule has 110 valence electrons. The van der Waals surface area contributed by atoms with Crippen molar-refractivity contribution < 1.29 is 8.42 Å². The van der Waals surface area contributed by atoms with Crippen LogP contribution in [0.15, 0.2) is 23.1 Å². The first kappa shape index (κ1) is 13.9. The molecule has 0 fully saturated rings. The first-order valence-electron chi connectivity index (χ1n) is 6.49. The normalized spacial score (nSPS) is 14.0. The van der Waals surface area contributed by atoms with Gasteiger partial charge in [-0.3, -0.25) is 0 Å². The molecule has 0 amide bonds. The summed E-state index contributed by atoms with van der Waals surface area (Å²) in [6.45, 7) is 4.97. The van der Waals surface area contributed by atoms with Crippen molar-refractivity contribution in [1.82, 2.24) is 20.5 Å². The van der Waals surface area contributed by atoms with Crippen LogP contribution < -0.4 is 10.0 Å². The molecule has 1 aromatic heterocycles. The van der Waals surface area contributed by atoms with Crippen molar-refractivity contribution in [3.05, 3.63) is 40.7 Å². The summed E-state index contributed by atoms with van der Waals surface area (Å²) in [5.74, 6) is -0.0169. The lowest BCUT2D eigenvalue weighted by Gasteiger charge is -2.08. The molecule has 0 spiro atoms. The van der Waals surface area contributed by atoms with Gasteiger partial charge in [0.2, 0.25) is 0 Å². The molecule has 0 saturated heterocycles. The quantitative estimate of drug-likeness (QED) is 0.874. The van der Waals surface area contributed by atoms with E-state index >= 15 is 0 Å². The standard InChI is InChI=1S/C13H15N5O2S/c1-8-9(2)16-17-13(15-8)18-21(19,20)12-4-3-10-6-14-7-11(10)5-12/h3-5,14H,6-7H2,1-2H3,(H,15,17,18). The van der Waals surface area contributed by atoms with Crippen LogP contribution >= 0.6 is 0 Å². The molecule has 1 aliphatic heterocycles. The molecule has 3 rings (SSSR count). The Labute approximate surface area is 122 Å². The summed E-state index contributed by atoms with van der Waals surface area (Å²) in [4.78, 5) is 4.28. The Kier molecular flexibility index (Phi) is 3.34. The van der Waals surface area contributed by atoms with Crippen molar-refractivity contribution in [3.63, 3.8) is 0 Å². The summed E-state index contributed by atoms with van der Waals surface area (Å²) in [5.41, 5.74) is 3.43. The smallest absolute Gasteiger partial charge is 0.264 e. The maximum Gasteiger partial charge on any atom is 0.264 e. The van der Waals surface area contributed by atoms with Crippen LogP contribution in [0.3, 0.4) is 0 Å². The summed E-state index contributed by atoms with van der Waals surface area (Å²) in [6.07, 6.45) is 0. The molecular formula is C13H15N5O2S. The van der Waals surface area contributed by atoms with E-state index in [0.717, 1.165) is 17.7 Å². The van der Waals surface area contributed by atoms with Crippen molar-refractivity contribution >= 4 is 16.0 Å². The second-order valence-electron chi connectivity index (χ2n) is 4.95. The third-order valence-electron chi connectivity index (χ3n) is 3.44. The van der Waals surface area contributed by atoms with Crippen LogP contribution in [0.4, 0.5) is 5.95 Å². The molecule has 0 saturated carbocycles. The number of anilines is 1. The van der Waals surface area contributed by atoms with Crippen molar-refractivity contribution in [1.29, 1.82) is 0 Å². The van der Waals surface area contributed by atoms with Crippen LogP contribution in [0, 0.1) is 13.8 Å². The Hall–Kier alpha value is -2.06. The lowest BCUT2D eigenvalue weighted by Crippen LogP contribution is -2.16. The molecule has 0 aliphatic carbocycles. The van der Waals surface area contributed by atoms with E-state index in [9.17, 15) is 8.42 Å². The van der Waals surface area contributed by atoms with Crippen LogP contribution in [0.2, 0.25) is 0 Å². The van der Waals surface area contributed by atoms with E-state index in [0.29, 0.717) is 17.9 Å². The van der Waals surface area contributed by atoms with E-state index in [1.807, 2.05) is 6.07 Å². The van der Waals surface area contributed by atoms with Crippen molar-refractivity contribution in [3.8, 4) is 0 Å². The molecule has 0 radical (unpaired) electrons. The van der Waals surface area contributed by atoms with E-state index in [4.69, 9.17) is 0 Å². The molecule has 2 heterocycles. The molecule has 0 atom stereocenters. The number of rotatable bonds is 3. The van der Waals surface area contributed by atoms with Gasteiger partial charge < -0.3 is 5.32 Å². The van der Waals surface area contributed by atoms with Gasteiger partial charge >= 0.3 is 0 Å². The summed E-state index contributed by atoms with van der Waals surface area (Å²) >= 11 is 0. The van der Waals surface area contributed by atoms with Crippen molar-refractivity contribution in [2.45, 2.75) is 31.8 Å². The Balaban J connectivity index is 1.91. The predicted molar refractivity (Wildman–Crippen MR) is 77.1 cm³/mol. The second-order valence-corrected chi connectivity index (χ2v) is 6.63. The third-order valence-corrected chi connectivity index (χ3v) is 4.76. The molecule has 8 heteroatoms. The fraction of sp³-hybridized carbons (Fsp3) is 0.308. The second kappa shape index (κ2) is 5.05. The van der Waals surface area contributed by atoms with Gasteiger partial charge in [0.1, 0.15) is 0 Å². The van der Waals surface area contributed by atoms with E-state index in [1.165, 1.54) is 0 Å². The fourth-order valence-electron chi connectivity index (χ4n) is 2.12. The topological polar surface area (TPSA) is 96.9 Å². The highest BCUT2D eigenvalue weighted by Crippen LogP contribution is 2.21. The van der Waals surface area contributed by atoms with Crippen LogP contribution in [-0.4, -0.2) is 23.6 Å². The number of aromatic nitrogens is 3. The van der Waals surface area contributed by atoms with E-state index in [1.54, 1.807) is 26.0 Å². The number of benzene rings is 1. The summed E-state index contributed by atoms with van der Waals surface area (Å²) < 4.78 is 27.1. The zero-order valence-electron chi connectivity index (χ0n) is 11.7. The summed E-state index contributed by atoms with van der Waals surface area (Å²) in [6, 6.07) is 5.08. The highest BCUT2D eigenvalue weighted by molar-refractivity contribution is 7.92. The Morgan fingerprint density at radius 3 is 2.62 bits per heavy atom. The first-order valence-corrected chi connectivity index (χ1v) is 7.97. The maximum absolute atomic E-state index is 12.4. The Morgan fingerprint density at radius 1 is 1.10 bits per heavy atom. The predicted octanol–water partition coefficient (Wildman–Crippen LogP) is 0.892. The van der Waals surface area contributed by atoms with E-state index in [2.05, 4.69) is 25.2 Å². The van der Waals surface area contributed by atoms with Gasteiger partial charge in [-0.2, -0.15) is 5.10 Å². The third kappa shape index (κ3) is 2.72. The molecule has 1 aromatic carbocycles. The SMILES string of the molecule is Cc1nnc(NS(=O)(=O)c2ccc3c(c2)CNC3)nc1C. The zero-order chi connectivity index (χ0) is 15.0. The molecule has 0 bridgehead atoms. The molecular weight excluding hydrogens is 290 g/mol. The zero-order valence-corrected chi connectivity index (χ0v) is 12.5. The lowest BCUT2D eigenvalue weighted by molar-refractivity contribution is 0.600. The molecule has 2 aromatic rings. The van der Waals surface area contributed by atoms with Gasteiger partial charge in [0.25, 0.3) is 16.0 Å². The minimum atomic E-state index is -3.71. The molecule has 2 N–H and O–H groups in total. The maximum atomic E-state index is 12.4. The molecule has 1 aliphatic rings. The van der Waals surface area contributed by atoms with Gasteiger partial charge in [-0.05, 0) is 37.1 Å². The number of nitrogens with zero attached hydrogens (tertiary/aromatic N) is 3. The van der Waals surface area contributed by atoms with Crippen LogP contribution in [0.5, 0.6) is 0 Å². The van der Waals surface area contributed by atoms with Gasteiger partial charge in [0, 0.05) is 13.1 Å². The highest BCUT2D eigenvalue weighted by atomic mass is 32.2. The molecule has 7 nitrogen and oxygen atoms in total.